The summed E-state index contributed by atoms with van der Waals surface area (Å²) in [5.41, 5.74) is 0.613. The molecule has 0 saturated carbocycles. The van der Waals surface area contributed by atoms with E-state index in [-0.39, 0.29) is 42.1 Å². The van der Waals surface area contributed by atoms with Crippen molar-refractivity contribution in [1.82, 2.24) is 5.32 Å². The fourth-order valence-corrected chi connectivity index (χ4v) is 2.29. The lowest BCUT2D eigenvalue weighted by Gasteiger charge is -2.13. The summed E-state index contributed by atoms with van der Waals surface area (Å²) in [5.74, 6) is -0.0814. The highest BCUT2D eigenvalue weighted by atomic mass is 35.5. The van der Waals surface area contributed by atoms with Crippen molar-refractivity contribution in [2.75, 3.05) is 0 Å². The molecule has 0 aliphatic heterocycles. The van der Waals surface area contributed by atoms with E-state index in [4.69, 9.17) is 16.0 Å². The first kappa shape index (κ1) is 16.1. The van der Waals surface area contributed by atoms with Crippen molar-refractivity contribution in [3.8, 4) is 5.75 Å². The fourth-order valence-electron chi connectivity index (χ4n) is 2.05. The number of ketones is 1. The number of furan rings is 1. The van der Waals surface area contributed by atoms with Crippen LogP contribution < -0.4 is 5.32 Å². The van der Waals surface area contributed by atoms with E-state index in [1.165, 1.54) is 18.4 Å². The van der Waals surface area contributed by atoms with Gasteiger partial charge in [0.2, 0.25) is 5.91 Å². The number of hydrogen-bond donors (Lipinski definition) is 2. The first-order valence-electron chi connectivity index (χ1n) is 6.79. The molecule has 2 rings (SSSR count). The van der Waals surface area contributed by atoms with Gasteiger partial charge in [-0.3, -0.25) is 9.59 Å². The zero-order valence-electron chi connectivity index (χ0n) is 12.0. The lowest BCUT2D eigenvalue weighted by atomic mass is 10.1. The Balaban J connectivity index is 1.87. The van der Waals surface area contributed by atoms with E-state index in [2.05, 4.69) is 5.32 Å². The van der Waals surface area contributed by atoms with Crippen LogP contribution in [-0.2, 0) is 11.2 Å². The molecule has 1 unspecified atom stereocenters. The zero-order chi connectivity index (χ0) is 16.1. The molecule has 116 valence electrons. The maximum atomic E-state index is 12.0. The molecule has 0 saturated heterocycles. The van der Waals surface area contributed by atoms with Crippen molar-refractivity contribution < 1.29 is 19.1 Å². The van der Waals surface area contributed by atoms with Crippen LogP contribution in [0.1, 0.15) is 29.5 Å². The second-order valence-corrected chi connectivity index (χ2v) is 5.43. The molecule has 0 radical (unpaired) electrons. The molecule has 0 fully saturated rings. The second kappa shape index (κ2) is 7.13. The van der Waals surface area contributed by atoms with Gasteiger partial charge in [-0.25, -0.2) is 0 Å². The monoisotopic (exact) mass is 321 g/mol. The van der Waals surface area contributed by atoms with Crippen LogP contribution in [-0.4, -0.2) is 22.8 Å². The van der Waals surface area contributed by atoms with Gasteiger partial charge in [-0.2, -0.15) is 0 Å². The number of carbonyl (C=O) groups excluding carboxylic acids is 2. The highest BCUT2D eigenvalue weighted by Crippen LogP contribution is 2.21. The lowest BCUT2D eigenvalue weighted by molar-refractivity contribution is -0.121. The normalized spacial score (nSPS) is 11.9. The van der Waals surface area contributed by atoms with Gasteiger partial charge in [0.15, 0.2) is 11.5 Å². The minimum Gasteiger partial charge on any atom is -0.508 e. The predicted octanol–water partition coefficient (Wildman–Crippen LogP) is 2.96. The maximum absolute atomic E-state index is 12.0. The predicted molar refractivity (Wildman–Crippen MR) is 82.1 cm³/mol. The molecule has 0 spiro atoms. The van der Waals surface area contributed by atoms with E-state index in [1.807, 2.05) is 0 Å². The Morgan fingerprint density at radius 3 is 2.77 bits per heavy atom. The van der Waals surface area contributed by atoms with Gasteiger partial charge < -0.3 is 14.8 Å². The van der Waals surface area contributed by atoms with E-state index >= 15 is 0 Å². The van der Waals surface area contributed by atoms with Gasteiger partial charge in [0.05, 0.1) is 12.7 Å². The Kier molecular flexibility index (Phi) is 5.22. The number of benzene rings is 1. The standard InChI is InChI=1S/C16H16ClNO4/c1-10(7-14(20)15-3-2-6-22-15)18-16(21)8-11-4-5-12(19)9-13(11)17/h2-6,9-10,19H,7-8H2,1H3,(H,18,21). The third-order valence-corrected chi connectivity index (χ3v) is 3.43. The summed E-state index contributed by atoms with van der Waals surface area (Å²) in [5, 5.41) is 12.3. The lowest BCUT2D eigenvalue weighted by Crippen LogP contribution is -2.35. The largest absolute Gasteiger partial charge is 0.508 e. The first-order chi connectivity index (χ1) is 10.5. The molecule has 6 heteroatoms. The van der Waals surface area contributed by atoms with Gasteiger partial charge in [0, 0.05) is 17.5 Å². The summed E-state index contributed by atoms with van der Waals surface area (Å²) in [6, 6.07) is 7.36. The van der Waals surface area contributed by atoms with Gasteiger partial charge >= 0.3 is 0 Å². The average Bonchev–Trinajstić information content (AvgIpc) is 2.95. The molecule has 1 atom stereocenters. The van der Waals surface area contributed by atoms with Crippen LogP contribution in [0, 0.1) is 0 Å². The third-order valence-electron chi connectivity index (χ3n) is 3.08. The second-order valence-electron chi connectivity index (χ2n) is 5.03. The minimum absolute atomic E-state index is 0.0478. The molecule has 2 N–H and O–H groups in total. The summed E-state index contributed by atoms with van der Waals surface area (Å²) >= 11 is 5.96. The molecular formula is C16H16ClNO4. The fraction of sp³-hybridized carbons (Fsp3) is 0.250. The topological polar surface area (TPSA) is 79.5 Å². The van der Waals surface area contributed by atoms with Gasteiger partial charge in [0.25, 0.3) is 0 Å². The molecule has 0 aliphatic carbocycles. The average molecular weight is 322 g/mol. The molecule has 1 aromatic heterocycles. The number of Topliss-reactive ketones (excluding diaryl/α,β-unsaturated/α-hetero) is 1. The SMILES string of the molecule is CC(CC(=O)c1ccco1)NC(=O)Cc1ccc(O)cc1Cl. The van der Waals surface area contributed by atoms with Crippen molar-refractivity contribution in [3.05, 3.63) is 52.9 Å². The van der Waals surface area contributed by atoms with E-state index in [1.54, 1.807) is 25.1 Å². The number of hydrogen-bond acceptors (Lipinski definition) is 4. The minimum atomic E-state index is -0.319. The summed E-state index contributed by atoms with van der Waals surface area (Å²) in [4.78, 5) is 23.8. The van der Waals surface area contributed by atoms with Gasteiger partial charge in [-0.1, -0.05) is 17.7 Å². The van der Waals surface area contributed by atoms with Crippen LogP contribution >= 0.6 is 11.6 Å². The number of phenolic OH excluding ortho intramolecular Hbond substituents is 1. The Morgan fingerprint density at radius 2 is 2.14 bits per heavy atom. The molecule has 1 amide bonds. The number of carbonyl (C=O) groups is 2. The van der Waals surface area contributed by atoms with Crippen LogP contribution in [0.2, 0.25) is 5.02 Å². The summed E-state index contributed by atoms with van der Waals surface area (Å²) < 4.78 is 5.02. The molecule has 1 heterocycles. The van der Waals surface area contributed by atoms with Crippen LogP contribution in [0.3, 0.4) is 0 Å². The number of rotatable bonds is 6. The number of aromatic hydroxyl groups is 1. The number of amides is 1. The molecule has 0 bridgehead atoms. The summed E-state index contributed by atoms with van der Waals surface area (Å²) in [6.07, 6.45) is 1.67. The quantitative estimate of drug-likeness (QED) is 0.802. The highest BCUT2D eigenvalue weighted by Gasteiger charge is 2.16. The number of halogens is 1. The molecule has 5 nitrogen and oxygen atoms in total. The van der Waals surface area contributed by atoms with E-state index < -0.39 is 0 Å². The Hall–Kier alpha value is -2.27. The smallest absolute Gasteiger partial charge is 0.224 e. The van der Waals surface area contributed by atoms with E-state index in [0.29, 0.717) is 10.6 Å². The molecule has 22 heavy (non-hydrogen) atoms. The van der Waals surface area contributed by atoms with Gasteiger partial charge in [-0.15, -0.1) is 0 Å². The Labute approximate surface area is 132 Å². The van der Waals surface area contributed by atoms with Crippen molar-refractivity contribution in [3.63, 3.8) is 0 Å². The third kappa shape index (κ3) is 4.36. The molecule has 0 aliphatic rings. The number of phenols is 1. The van der Waals surface area contributed by atoms with Crippen molar-refractivity contribution >= 4 is 23.3 Å². The van der Waals surface area contributed by atoms with Crippen LogP contribution in [0.5, 0.6) is 5.75 Å². The van der Waals surface area contributed by atoms with Crippen molar-refractivity contribution in [1.29, 1.82) is 0 Å². The van der Waals surface area contributed by atoms with Crippen LogP contribution in [0.25, 0.3) is 0 Å². The van der Waals surface area contributed by atoms with E-state index in [0.717, 1.165) is 0 Å². The molecule has 1 aromatic carbocycles. The van der Waals surface area contributed by atoms with Crippen molar-refractivity contribution in [2.24, 2.45) is 0 Å². The maximum Gasteiger partial charge on any atom is 0.224 e. The highest BCUT2D eigenvalue weighted by molar-refractivity contribution is 6.31. The molecule has 2 aromatic rings. The summed E-state index contributed by atoms with van der Waals surface area (Å²) in [7, 11) is 0. The zero-order valence-corrected chi connectivity index (χ0v) is 12.8. The van der Waals surface area contributed by atoms with Crippen LogP contribution in [0.4, 0.5) is 0 Å². The van der Waals surface area contributed by atoms with E-state index in [9.17, 15) is 14.7 Å². The van der Waals surface area contributed by atoms with Gasteiger partial charge in [-0.05, 0) is 36.8 Å². The van der Waals surface area contributed by atoms with Crippen molar-refractivity contribution in [2.45, 2.75) is 25.8 Å². The van der Waals surface area contributed by atoms with Crippen LogP contribution in [0.15, 0.2) is 41.0 Å². The first-order valence-corrected chi connectivity index (χ1v) is 7.17. The Bertz CT molecular complexity index is 667. The number of nitrogens with one attached hydrogen (secondary N) is 1. The van der Waals surface area contributed by atoms with Gasteiger partial charge in [0.1, 0.15) is 5.75 Å². The summed E-state index contributed by atoms with van der Waals surface area (Å²) in [6.45, 7) is 1.75. The molecular weight excluding hydrogens is 306 g/mol. The Morgan fingerprint density at radius 1 is 1.36 bits per heavy atom.